The number of piperidine rings is 1. The second kappa shape index (κ2) is 7.94. The van der Waals surface area contributed by atoms with Crippen LogP contribution in [0.3, 0.4) is 0 Å². The monoisotopic (exact) mass is 357 g/mol. The van der Waals surface area contributed by atoms with Crippen molar-refractivity contribution in [2.45, 2.75) is 12.8 Å². The number of ether oxygens (including phenoxy) is 2. The molecule has 0 bridgehead atoms. The summed E-state index contributed by atoms with van der Waals surface area (Å²) in [5.74, 6) is 1.67. The van der Waals surface area contributed by atoms with Crippen molar-refractivity contribution in [1.29, 1.82) is 0 Å². The maximum atomic E-state index is 6.28. The van der Waals surface area contributed by atoms with Gasteiger partial charge in [0.05, 0.1) is 14.2 Å². The summed E-state index contributed by atoms with van der Waals surface area (Å²) < 4.78 is 11.1. The molecule has 0 aliphatic carbocycles. The normalized spacial score (nSPS) is 15.1. The molecule has 2 aromatic carbocycles. The zero-order chi connectivity index (χ0) is 17.8. The smallest absolute Gasteiger partial charge is 0.126 e. The van der Waals surface area contributed by atoms with Gasteiger partial charge in [-0.05, 0) is 61.4 Å². The van der Waals surface area contributed by atoms with Crippen molar-refractivity contribution in [3.05, 3.63) is 64.2 Å². The van der Waals surface area contributed by atoms with Gasteiger partial charge in [-0.3, -0.25) is 0 Å². The molecule has 0 spiro atoms. The SMILES string of the molecule is COc1ccc(OC)c(C(=C2CCN(C)CC2)c2cccc(Cl)c2)c1. The highest BCUT2D eigenvalue weighted by Crippen LogP contribution is 2.39. The van der Waals surface area contributed by atoms with Crippen LogP contribution in [0.1, 0.15) is 24.0 Å². The highest BCUT2D eigenvalue weighted by atomic mass is 35.5. The first-order valence-corrected chi connectivity index (χ1v) is 8.89. The van der Waals surface area contributed by atoms with E-state index in [9.17, 15) is 0 Å². The van der Waals surface area contributed by atoms with Crippen molar-refractivity contribution in [1.82, 2.24) is 4.90 Å². The molecule has 1 fully saturated rings. The third-order valence-corrected chi connectivity index (χ3v) is 4.97. The van der Waals surface area contributed by atoms with Gasteiger partial charge in [0.15, 0.2) is 0 Å². The fourth-order valence-electron chi connectivity index (χ4n) is 3.34. The summed E-state index contributed by atoms with van der Waals surface area (Å²) in [5.41, 5.74) is 4.83. The van der Waals surface area contributed by atoms with Crippen LogP contribution >= 0.6 is 11.6 Å². The lowest BCUT2D eigenvalue weighted by molar-refractivity contribution is 0.313. The molecule has 0 amide bonds. The Morgan fingerprint density at radius 2 is 1.76 bits per heavy atom. The molecule has 1 aliphatic rings. The van der Waals surface area contributed by atoms with E-state index in [1.807, 2.05) is 30.3 Å². The molecule has 132 valence electrons. The van der Waals surface area contributed by atoms with Gasteiger partial charge < -0.3 is 14.4 Å². The van der Waals surface area contributed by atoms with Crippen LogP contribution in [-0.2, 0) is 0 Å². The second-order valence-corrected chi connectivity index (χ2v) is 6.79. The zero-order valence-electron chi connectivity index (χ0n) is 15.0. The van der Waals surface area contributed by atoms with Crippen LogP contribution in [0, 0.1) is 0 Å². The number of rotatable bonds is 4. The zero-order valence-corrected chi connectivity index (χ0v) is 15.8. The van der Waals surface area contributed by atoms with Gasteiger partial charge in [0.25, 0.3) is 0 Å². The van der Waals surface area contributed by atoms with E-state index in [1.165, 1.54) is 11.1 Å². The van der Waals surface area contributed by atoms with Gasteiger partial charge in [0, 0.05) is 23.7 Å². The molecule has 4 heteroatoms. The molecule has 0 unspecified atom stereocenters. The molecule has 0 atom stereocenters. The van der Waals surface area contributed by atoms with E-state index < -0.39 is 0 Å². The van der Waals surface area contributed by atoms with Crippen molar-refractivity contribution in [2.24, 2.45) is 0 Å². The fourth-order valence-corrected chi connectivity index (χ4v) is 3.53. The summed E-state index contributed by atoms with van der Waals surface area (Å²) in [6.07, 6.45) is 2.08. The average Bonchev–Trinajstić information content (AvgIpc) is 2.63. The lowest BCUT2D eigenvalue weighted by Gasteiger charge is -2.27. The van der Waals surface area contributed by atoms with Gasteiger partial charge in [-0.1, -0.05) is 29.3 Å². The van der Waals surface area contributed by atoms with E-state index in [-0.39, 0.29) is 0 Å². The Balaban J connectivity index is 2.20. The van der Waals surface area contributed by atoms with Crippen LogP contribution in [0.4, 0.5) is 0 Å². The molecular formula is C21H24ClNO2. The second-order valence-electron chi connectivity index (χ2n) is 6.36. The molecule has 0 saturated carbocycles. The Bertz CT molecular complexity index is 775. The highest BCUT2D eigenvalue weighted by molar-refractivity contribution is 6.30. The Morgan fingerprint density at radius 1 is 1.00 bits per heavy atom. The van der Waals surface area contributed by atoms with Crippen LogP contribution in [0.2, 0.25) is 5.02 Å². The molecule has 0 aromatic heterocycles. The summed E-state index contributed by atoms with van der Waals surface area (Å²) >= 11 is 6.28. The first-order valence-electron chi connectivity index (χ1n) is 8.51. The Morgan fingerprint density at radius 3 is 2.40 bits per heavy atom. The number of nitrogens with zero attached hydrogens (tertiary/aromatic N) is 1. The lowest BCUT2D eigenvalue weighted by atomic mass is 9.88. The summed E-state index contributed by atoms with van der Waals surface area (Å²) in [6.45, 7) is 2.12. The third-order valence-electron chi connectivity index (χ3n) is 4.73. The molecule has 1 saturated heterocycles. The Kier molecular flexibility index (Phi) is 5.67. The maximum absolute atomic E-state index is 6.28. The van der Waals surface area contributed by atoms with E-state index in [1.54, 1.807) is 14.2 Å². The largest absolute Gasteiger partial charge is 0.497 e. The van der Waals surface area contributed by atoms with Gasteiger partial charge in [-0.25, -0.2) is 0 Å². The molecule has 25 heavy (non-hydrogen) atoms. The van der Waals surface area contributed by atoms with Crippen molar-refractivity contribution < 1.29 is 9.47 Å². The van der Waals surface area contributed by atoms with Crippen LogP contribution < -0.4 is 9.47 Å². The predicted octanol–water partition coefficient (Wildman–Crippen LogP) is 4.88. The van der Waals surface area contributed by atoms with Gasteiger partial charge in [-0.2, -0.15) is 0 Å². The topological polar surface area (TPSA) is 21.7 Å². The van der Waals surface area contributed by atoms with E-state index in [0.29, 0.717) is 0 Å². The molecule has 2 aromatic rings. The number of halogens is 1. The number of methoxy groups -OCH3 is 2. The average molecular weight is 358 g/mol. The summed E-state index contributed by atoms with van der Waals surface area (Å²) in [5, 5.41) is 0.741. The number of benzene rings is 2. The minimum absolute atomic E-state index is 0.741. The molecule has 1 aliphatic heterocycles. The van der Waals surface area contributed by atoms with Gasteiger partial charge in [-0.15, -0.1) is 0 Å². The summed E-state index contributed by atoms with van der Waals surface area (Å²) in [7, 11) is 5.57. The third kappa shape index (κ3) is 4.00. The number of likely N-dealkylation sites (tertiary alicyclic amines) is 1. The van der Waals surface area contributed by atoms with E-state index in [2.05, 4.69) is 24.1 Å². The highest BCUT2D eigenvalue weighted by Gasteiger charge is 2.20. The lowest BCUT2D eigenvalue weighted by Crippen LogP contribution is -2.27. The maximum Gasteiger partial charge on any atom is 0.126 e. The number of hydrogen-bond acceptors (Lipinski definition) is 3. The first kappa shape index (κ1) is 17.8. The molecular weight excluding hydrogens is 334 g/mol. The van der Waals surface area contributed by atoms with Gasteiger partial charge in [0.1, 0.15) is 11.5 Å². The molecule has 0 radical (unpaired) electrons. The van der Waals surface area contributed by atoms with Crippen molar-refractivity contribution in [3.8, 4) is 11.5 Å². The van der Waals surface area contributed by atoms with E-state index in [0.717, 1.165) is 53.6 Å². The fraction of sp³-hybridized carbons (Fsp3) is 0.333. The van der Waals surface area contributed by atoms with Crippen molar-refractivity contribution in [3.63, 3.8) is 0 Å². The Labute approximate surface area is 154 Å². The molecule has 3 rings (SSSR count). The Hall–Kier alpha value is -1.97. The van der Waals surface area contributed by atoms with E-state index in [4.69, 9.17) is 21.1 Å². The number of hydrogen-bond donors (Lipinski definition) is 0. The van der Waals surface area contributed by atoms with Crippen LogP contribution in [0.15, 0.2) is 48.0 Å². The quantitative estimate of drug-likeness (QED) is 0.778. The molecule has 3 nitrogen and oxygen atoms in total. The minimum atomic E-state index is 0.741. The molecule has 0 N–H and O–H groups in total. The summed E-state index contributed by atoms with van der Waals surface area (Å²) in [4.78, 5) is 2.36. The minimum Gasteiger partial charge on any atom is -0.497 e. The summed E-state index contributed by atoms with van der Waals surface area (Å²) in [6, 6.07) is 14.0. The van der Waals surface area contributed by atoms with Crippen molar-refractivity contribution in [2.75, 3.05) is 34.4 Å². The van der Waals surface area contributed by atoms with E-state index >= 15 is 0 Å². The van der Waals surface area contributed by atoms with Crippen molar-refractivity contribution >= 4 is 17.2 Å². The first-order chi connectivity index (χ1) is 12.1. The molecule has 1 heterocycles. The van der Waals surface area contributed by atoms with Crippen LogP contribution in [0.25, 0.3) is 5.57 Å². The van der Waals surface area contributed by atoms with Crippen LogP contribution in [-0.4, -0.2) is 39.3 Å². The standard InChI is InChI=1S/C21H24ClNO2/c1-23-11-9-15(10-12-23)21(16-5-4-6-17(22)13-16)19-14-18(24-2)7-8-20(19)25-3/h4-8,13-14H,9-12H2,1-3H3. The van der Waals surface area contributed by atoms with Crippen LogP contribution in [0.5, 0.6) is 11.5 Å². The van der Waals surface area contributed by atoms with Gasteiger partial charge in [0.2, 0.25) is 0 Å². The predicted molar refractivity (Wildman–Crippen MR) is 104 cm³/mol. The van der Waals surface area contributed by atoms with Gasteiger partial charge >= 0.3 is 0 Å².